The molecule has 0 atom stereocenters. The van der Waals surface area contributed by atoms with Crippen LogP contribution in [-0.2, 0) is 0 Å². The summed E-state index contributed by atoms with van der Waals surface area (Å²) in [4.78, 5) is 4.02. The number of hydrogen-bond donors (Lipinski definition) is 3. The fraction of sp³-hybridized carbons (Fsp3) is 0.455. The zero-order valence-corrected chi connectivity index (χ0v) is 9.14. The van der Waals surface area contributed by atoms with E-state index in [1.165, 1.54) is 6.20 Å². The molecule has 16 heavy (non-hydrogen) atoms. The number of nitrogens with one attached hydrogen (secondary N) is 1. The van der Waals surface area contributed by atoms with E-state index in [9.17, 15) is 10.2 Å². The van der Waals surface area contributed by atoms with Crippen molar-refractivity contribution in [2.24, 2.45) is 0 Å². The van der Waals surface area contributed by atoms with E-state index in [0.717, 1.165) is 0 Å². The molecule has 3 N–H and O–H groups in total. The Labute approximate surface area is 94.4 Å². The Balaban J connectivity index is 2.82. The topological polar surface area (TPSA) is 89.2 Å². The predicted octanol–water partition coefficient (Wildman–Crippen LogP) is 0.499. The van der Waals surface area contributed by atoms with E-state index in [0.29, 0.717) is 17.8 Å². The molecule has 86 valence electrons. The average Bonchev–Trinajstić information content (AvgIpc) is 2.37. The van der Waals surface area contributed by atoms with Crippen molar-refractivity contribution in [3.63, 3.8) is 0 Å². The summed E-state index contributed by atoms with van der Waals surface area (Å²) in [5, 5.41) is 30.1. The van der Waals surface area contributed by atoms with Gasteiger partial charge in [-0.15, -0.1) is 0 Å². The first-order valence-electron chi connectivity index (χ1n) is 5.05. The maximum Gasteiger partial charge on any atom is 0.126 e. The predicted molar refractivity (Wildman–Crippen MR) is 59.8 cm³/mol. The Morgan fingerprint density at radius 3 is 2.50 bits per heavy atom. The Morgan fingerprint density at radius 1 is 1.44 bits per heavy atom. The van der Waals surface area contributed by atoms with Crippen molar-refractivity contribution in [1.29, 1.82) is 5.26 Å². The molecule has 0 aliphatic heterocycles. The average molecular weight is 221 g/mol. The Hall–Kier alpha value is -1.64. The van der Waals surface area contributed by atoms with Crippen molar-refractivity contribution in [2.75, 3.05) is 18.5 Å². The number of hydrogen-bond acceptors (Lipinski definition) is 5. The largest absolute Gasteiger partial charge is 0.394 e. The van der Waals surface area contributed by atoms with Crippen LogP contribution in [0, 0.1) is 11.3 Å². The standard InChI is InChI=1S/C11H15N3O2/c1-2-11(7-15,8-16)14-10-4-3-9(5-12)6-13-10/h3-4,6,15-16H,2,7-8H2,1H3,(H,13,14). The molecule has 0 spiro atoms. The van der Waals surface area contributed by atoms with Gasteiger partial charge in [-0.2, -0.15) is 5.26 Å². The molecule has 1 rings (SSSR count). The lowest BCUT2D eigenvalue weighted by atomic mass is 9.98. The summed E-state index contributed by atoms with van der Waals surface area (Å²) in [5.74, 6) is 0.531. The molecule has 0 aliphatic carbocycles. The maximum absolute atomic E-state index is 9.24. The van der Waals surface area contributed by atoms with Gasteiger partial charge in [-0.1, -0.05) is 6.92 Å². The van der Waals surface area contributed by atoms with E-state index in [2.05, 4.69) is 10.3 Å². The Kier molecular flexibility index (Phi) is 4.23. The van der Waals surface area contributed by atoms with E-state index in [1.807, 2.05) is 13.0 Å². The van der Waals surface area contributed by atoms with Crippen LogP contribution in [0.4, 0.5) is 5.82 Å². The van der Waals surface area contributed by atoms with Crippen molar-refractivity contribution in [1.82, 2.24) is 4.98 Å². The van der Waals surface area contributed by atoms with E-state index in [4.69, 9.17) is 5.26 Å². The van der Waals surface area contributed by atoms with Crippen LogP contribution in [0.15, 0.2) is 18.3 Å². The van der Waals surface area contributed by atoms with Gasteiger partial charge in [0.2, 0.25) is 0 Å². The number of aliphatic hydroxyl groups excluding tert-OH is 2. The van der Waals surface area contributed by atoms with Crippen LogP contribution in [-0.4, -0.2) is 33.9 Å². The number of aromatic nitrogens is 1. The molecule has 1 heterocycles. The van der Waals surface area contributed by atoms with Crippen LogP contribution in [0.25, 0.3) is 0 Å². The molecule has 0 radical (unpaired) electrons. The minimum Gasteiger partial charge on any atom is -0.394 e. The summed E-state index contributed by atoms with van der Waals surface area (Å²) in [7, 11) is 0. The molecule has 0 aromatic carbocycles. The molecule has 1 aromatic heterocycles. The monoisotopic (exact) mass is 221 g/mol. The molecule has 5 nitrogen and oxygen atoms in total. The lowest BCUT2D eigenvalue weighted by Crippen LogP contribution is -2.45. The highest BCUT2D eigenvalue weighted by Crippen LogP contribution is 2.16. The number of anilines is 1. The van der Waals surface area contributed by atoms with Gasteiger partial charge in [-0.05, 0) is 18.6 Å². The first kappa shape index (κ1) is 12.4. The van der Waals surface area contributed by atoms with Crippen molar-refractivity contribution >= 4 is 5.82 Å². The highest BCUT2D eigenvalue weighted by molar-refractivity contribution is 5.41. The van der Waals surface area contributed by atoms with Gasteiger partial charge in [0.1, 0.15) is 11.9 Å². The van der Waals surface area contributed by atoms with Crippen molar-refractivity contribution in [3.05, 3.63) is 23.9 Å². The molecule has 5 heteroatoms. The van der Waals surface area contributed by atoms with Crippen LogP contribution in [0.3, 0.4) is 0 Å². The van der Waals surface area contributed by atoms with Crippen molar-refractivity contribution < 1.29 is 10.2 Å². The van der Waals surface area contributed by atoms with Crippen LogP contribution in [0.2, 0.25) is 0 Å². The SMILES string of the molecule is CCC(CO)(CO)Nc1ccc(C#N)cn1. The summed E-state index contributed by atoms with van der Waals surface area (Å²) in [6, 6.07) is 5.25. The zero-order chi connectivity index (χ0) is 12.0. The fourth-order valence-electron chi connectivity index (χ4n) is 1.25. The smallest absolute Gasteiger partial charge is 0.126 e. The minimum atomic E-state index is -0.763. The Bertz CT molecular complexity index is 358. The van der Waals surface area contributed by atoms with Crippen LogP contribution in [0.5, 0.6) is 0 Å². The zero-order valence-electron chi connectivity index (χ0n) is 9.14. The molecule has 0 unspecified atom stereocenters. The summed E-state index contributed by atoms with van der Waals surface area (Å²) in [5.41, 5.74) is -0.290. The molecule has 0 saturated carbocycles. The molecule has 0 fully saturated rings. The number of rotatable bonds is 5. The number of nitriles is 1. The van der Waals surface area contributed by atoms with Gasteiger partial charge in [0.05, 0.1) is 24.3 Å². The van der Waals surface area contributed by atoms with E-state index in [-0.39, 0.29) is 13.2 Å². The molecule has 0 bridgehead atoms. The highest BCUT2D eigenvalue weighted by atomic mass is 16.3. The van der Waals surface area contributed by atoms with Crippen LogP contribution in [0.1, 0.15) is 18.9 Å². The maximum atomic E-state index is 9.24. The number of pyridine rings is 1. The minimum absolute atomic E-state index is 0.179. The van der Waals surface area contributed by atoms with Gasteiger partial charge < -0.3 is 15.5 Å². The normalized spacial score (nSPS) is 10.9. The number of aliphatic hydroxyl groups is 2. The third-order valence-corrected chi connectivity index (χ3v) is 2.57. The van der Waals surface area contributed by atoms with Gasteiger partial charge in [-0.3, -0.25) is 0 Å². The second-order valence-electron chi connectivity index (χ2n) is 3.62. The molecule has 0 aliphatic rings. The first-order chi connectivity index (χ1) is 7.69. The second kappa shape index (κ2) is 5.45. The molecular formula is C11H15N3O2. The second-order valence-corrected chi connectivity index (χ2v) is 3.62. The van der Waals surface area contributed by atoms with Gasteiger partial charge in [0, 0.05) is 6.20 Å². The van der Waals surface area contributed by atoms with Crippen LogP contribution >= 0.6 is 0 Å². The molecule has 0 saturated heterocycles. The summed E-state index contributed by atoms with van der Waals surface area (Å²) < 4.78 is 0. The third kappa shape index (κ3) is 2.69. The van der Waals surface area contributed by atoms with Crippen molar-refractivity contribution in [2.45, 2.75) is 18.9 Å². The summed E-state index contributed by atoms with van der Waals surface area (Å²) >= 11 is 0. The van der Waals surface area contributed by atoms with E-state index < -0.39 is 5.54 Å². The summed E-state index contributed by atoms with van der Waals surface area (Å²) in [6.07, 6.45) is 2.01. The van der Waals surface area contributed by atoms with Crippen LogP contribution < -0.4 is 5.32 Å². The van der Waals surface area contributed by atoms with E-state index in [1.54, 1.807) is 12.1 Å². The van der Waals surface area contributed by atoms with Crippen molar-refractivity contribution in [3.8, 4) is 6.07 Å². The van der Waals surface area contributed by atoms with Gasteiger partial charge >= 0.3 is 0 Å². The molecule has 0 amide bonds. The lowest BCUT2D eigenvalue weighted by molar-refractivity contribution is 0.132. The Morgan fingerprint density at radius 2 is 2.12 bits per heavy atom. The first-order valence-corrected chi connectivity index (χ1v) is 5.05. The van der Waals surface area contributed by atoms with Gasteiger partial charge in [0.25, 0.3) is 0 Å². The van der Waals surface area contributed by atoms with Gasteiger partial charge in [-0.25, -0.2) is 4.98 Å². The third-order valence-electron chi connectivity index (χ3n) is 2.57. The lowest BCUT2D eigenvalue weighted by Gasteiger charge is -2.30. The number of nitrogens with zero attached hydrogens (tertiary/aromatic N) is 2. The quantitative estimate of drug-likeness (QED) is 0.673. The highest BCUT2D eigenvalue weighted by Gasteiger charge is 2.26. The summed E-state index contributed by atoms with van der Waals surface area (Å²) in [6.45, 7) is 1.51. The van der Waals surface area contributed by atoms with Gasteiger partial charge in [0.15, 0.2) is 0 Å². The molecular weight excluding hydrogens is 206 g/mol. The molecule has 1 aromatic rings. The van der Waals surface area contributed by atoms with E-state index >= 15 is 0 Å². The fourth-order valence-corrected chi connectivity index (χ4v) is 1.25.